The summed E-state index contributed by atoms with van der Waals surface area (Å²) in [5.74, 6) is 0.954. The van der Waals surface area contributed by atoms with Crippen LogP contribution < -0.4 is 5.32 Å². The number of nitrogens with one attached hydrogen (secondary N) is 1. The normalized spacial score (nSPS) is 10.4. The molecule has 0 aliphatic heterocycles. The quantitative estimate of drug-likeness (QED) is 0.802. The summed E-state index contributed by atoms with van der Waals surface area (Å²) in [6.45, 7) is 1.76. The first-order valence-electron chi connectivity index (χ1n) is 6.95. The van der Waals surface area contributed by atoms with Crippen LogP contribution in [0.4, 0.5) is 5.69 Å². The van der Waals surface area contributed by atoms with E-state index in [0.29, 0.717) is 23.8 Å². The van der Waals surface area contributed by atoms with E-state index in [-0.39, 0.29) is 5.91 Å². The lowest BCUT2D eigenvalue weighted by molar-refractivity contribution is -0.115. The second-order valence-corrected chi connectivity index (χ2v) is 4.94. The molecule has 2 aromatic carbocycles. The summed E-state index contributed by atoms with van der Waals surface area (Å²) in [5.41, 5.74) is 2.45. The van der Waals surface area contributed by atoms with Crippen molar-refractivity contribution in [1.82, 2.24) is 10.1 Å². The number of carbonyl (C=O) groups is 1. The molecule has 1 N–H and O–H groups in total. The summed E-state index contributed by atoms with van der Waals surface area (Å²) in [7, 11) is 0. The first-order valence-corrected chi connectivity index (χ1v) is 6.95. The molecule has 3 aromatic rings. The molecule has 0 atom stereocenters. The van der Waals surface area contributed by atoms with Crippen molar-refractivity contribution >= 4 is 11.6 Å². The molecule has 0 bridgehead atoms. The van der Waals surface area contributed by atoms with Crippen molar-refractivity contribution in [3.8, 4) is 11.5 Å². The van der Waals surface area contributed by atoms with Gasteiger partial charge in [-0.3, -0.25) is 4.79 Å². The molecular weight excluding hydrogens is 278 g/mol. The lowest BCUT2D eigenvalue weighted by Gasteiger charge is -2.06. The third kappa shape index (κ3) is 3.38. The Balaban J connectivity index is 1.71. The number of amides is 1. The van der Waals surface area contributed by atoms with E-state index in [9.17, 15) is 4.79 Å². The number of anilines is 1. The largest absolute Gasteiger partial charge is 0.334 e. The fourth-order valence-electron chi connectivity index (χ4n) is 2.13. The molecule has 0 saturated heterocycles. The minimum Gasteiger partial charge on any atom is -0.334 e. The van der Waals surface area contributed by atoms with Crippen LogP contribution in [0.2, 0.25) is 0 Å². The lowest BCUT2D eigenvalue weighted by Crippen LogP contribution is -2.14. The number of benzene rings is 2. The molecule has 0 aliphatic carbocycles. The number of aryl methyl sites for hydroxylation is 1. The maximum absolute atomic E-state index is 12.1. The van der Waals surface area contributed by atoms with Gasteiger partial charge >= 0.3 is 0 Å². The molecule has 5 nitrogen and oxygen atoms in total. The van der Waals surface area contributed by atoms with Crippen LogP contribution in [0.25, 0.3) is 11.5 Å². The highest BCUT2D eigenvalue weighted by molar-refractivity contribution is 5.92. The summed E-state index contributed by atoms with van der Waals surface area (Å²) in [6.07, 6.45) is 0.338. The smallest absolute Gasteiger partial charge is 0.257 e. The SMILES string of the molecule is Cc1noc(-c2cccc(NC(=O)Cc3ccccc3)c2)n1. The lowest BCUT2D eigenvalue weighted by atomic mass is 10.1. The van der Waals surface area contributed by atoms with E-state index in [2.05, 4.69) is 15.5 Å². The summed E-state index contributed by atoms with van der Waals surface area (Å²) >= 11 is 0. The van der Waals surface area contributed by atoms with Crippen LogP contribution in [-0.2, 0) is 11.2 Å². The average Bonchev–Trinajstić information content (AvgIpc) is 2.95. The van der Waals surface area contributed by atoms with Gasteiger partial charge in [0, 0.05) is 11.3 Å². The first kappa shape index (κ1) is 14.0. The number of hydrogen-bond donors (Lipinski definition) is 1. The molecule has 0 saturated carbocycles. The Morgan fingerprint density at radius 1 is 1.14 bits per heavy atom. The molecule has 1 heterocycles. The van der Waals surface area contributed by atoms with E-state index >= 15 is 0 Å². The Kier molecular flexibility index (Phi) is 3.96. The van der Waals surface area contributed by atoms with Gasteiger partial charge in [0.1, 0.15) is 0 Å². The maximum Gasteiger partial charge on any atom is 0.257 e. The van der Waals surface area contributed by atoms with Crippen LogP contribution in [0, 0.1) is 6.92 Å². The highest BCUT2D eigenvalue weighted by atomic mass is 16.5. The van der Waals surface area contributed by atoms with E-state index in [1.807, 2.05) is 54.6 Å². The average molecular weight is 293 g/mol. The monoisotopic (exact) mass is 293 g/mol. The van der Waals surface area contributed by atoms with Gasteiger partial charge < -0.3 is 9.84 Å². The zero-order valence-electron chi connectivity index (χ0n) is 12.1. The molecule has 0 aliphatic rings. The Labute approximate surface area is 128 Å². The summed E-state index contributed by atoms with van der Waals surface area (Å²) in [5, 5.41) is 6.64. The van der Waals surface area contributed by atoms with Crippen molar-refractivity contribution < 1.29 is 9.32 Å². The molecule has 0 unspecified atom stereocenters. The van der Waals surface area contributed by atoms with E-state index in [1.54, 1.807) is 6.92 Å². The number of hydrogen-bond acceptors (Lipinski definition) is 4. The van der Waals surface area contributed by atoms with E-state index in [0.717, 1.165) is 11.1 Å². The van der Waals surface area contributed by atoms with Crippen molar-refractivity contribution in [2.75, 3.05) is 5.32 Å². The fraction of sp³-hybridized carbons (Fsp3) is 0.118. The van der Waals surface area contributed by atoms with Crippen LogP contribution in [0.3, 0.4) is 0 Å². The Morgan fingerprint density at radius 2 is 1.95 bits per heavy atom. The predicted octanol–water partition coefficient (Wildman–Crippen LogP) is 3.23. The number of nitrogens with zero attached hydrogens (tertiary/aromatic N) is 2. The zero-order chi connectivity index (χ0) is 15.4. The van der Waals surface area contributed by atoms with Gasteiger partial charge in [0.2, 0.25) is 5.91 Å². The summed E-state index contributed by atoms with van der Waals surface area (Å²) in [4.78, 5) is 16.2. The van der Waals surface area contributed by atoms with E-state index < -0.39 is 0 Å². The molecule has 0 radical (unpaired) electrons. The van der Waals surface area contributed by atoms with Crippen molar-refractivity contribution in [2.24, 2.45) is 0 Å². The van der Waals surface area contributed by atoms with Crippen LogP contribution in [0.15, 0.2) is 59.1 Å². The Bertz CT molecular complexity index is 781. The first-order chi connectivity index (χ1) is 10.7. The van der Waals surface area contributed by atoms with Crippen LogP contribution in [-0.4, -0.2) is 16.0 Å². The van der Waals surface area contributed by atoms with Gasteiger partial charge in [-0.05, 0) is 30.7 Å². The molecule has 22 heavy (non-hydrogen) atoms. The topological polar surface area (TPSA) is 68.0 Å². The van der Waals surface area contributed by atoms with Crippen LogP contribution in [0.5, 0.6) is 0 Å². The number of aromatic nitrogens is 2. The molecule has 3 rings (SSSR count). The van der Waals surface area contributed by atoms with Crippen LogP contribution >= 0.6 is 0 Å². The van der Waals surface area contributed by atoms with Crippen molar-refractivity contribution in [1.29, 1.82) is 0 Å². The fourth-order valence-corrected chi connectivity index (χ4v) is 2.13. The van der Waals surface area contributed by atoms with Gasteiger partial charge in [-0.15, -0.1) is 0 Å². The number of rotatable bonds is 4. The second kappa shape index (κ2) is 6.22. The van der Waals surface area contributed by atoms with Crippen molar-refractivity contribution in [2.45, 2.75) is 13.3 Å². The molecule has 110 valence electrons. The molecule has 0 fully saturated rings. The number of carbonyl (C=O) groups excluding carboxylic acids is 1. The van der Waals surface area contributed by atoms with Gasteiger partial charge in [-0.25, -0.2) is 0 Å². The second-order valence-electron chi connectivity index (χ2n) is 4.94. The van der Waals surface area contributed by atoms with E-state index in [1.165, 1.54) is 0 Å². The molecule has 1 amide bonds. The highest BCUT2D eigenvalue weighted by Gasteiger charge is 2.08. The van der Waals surface area contributed by atoms with Gasteiger partial charge in [-0.2, -0.15) is 4.98 Å². The Morgan fingerprint density at radius 3 is 2.68 bits per heavy atom. The molecule has 0 spiro atoms. The predicted molar refractivity (Wildman–Crippen MR) is 83.2 cm³/mol. The highest BCUT2D eigenvalue weighted by Crippen LogP contribution is 2.21. The third-order valence-electron chi connectivity index (χ3n) is 3.13. The summed E-state index contributed by atoms with van der Waals surface area (Å²) in [6, 6.07) is 17.0. The maximum atomic E-state index is 12.1. The standard InChI is InChI=1S/C17H15N3O2/c1-12-18-17(22-20-12)14-8-5-9-15(11-14)19-16(21)10-13-6-3-2-4-7-13/h2-9,11H,10H2,1H3,(H,19,21). The van der Waals surface area contributed by atoms with Crippen molar-refractivity contribution in [3.05, 3.63) is 66.0 Å². The Hall–Kier alpha value is -2.95. The van der Waals surface area contributed by atoms with Gasteiger partial charge in [0.05, 0.1) is 6.42 Å². The minimum atomic E-state index is -0.0648. The minimum absolute atomic E-state index is 0.0648. The molecule has 1 aromatic heterocycles. The van der Waals surface area contributed by atoms with Crippen molar-refractivity contribution in [3.63, 3.8) is 0 Å². The van der Waals surface area contributed by atoms with Gasteiger partial charge in [-0.1, -0.05) is 41.6 Å². The zero-order valence-corrected chi connectivity index (χ0v) is 12.1. The molecular formula is C17H15N3O2. The molecule has 5 heteroatoms. The third-order valence-corrected chi connectivity index (χ3v) is 3.13. The van der Waals surface area contributed by atoms with Gasteiger partial charge in [0.25, 0.3) is 5.89 Å². The van der Waals surface area contributed by atoms with E-state index in [4.69, 9.17) is 4.52 Å². The van der Waals surface area contributed by atoms with Gasteiger partial charge in [0.15, 0.2) is 5.82 Å². The summed E-state index contributed by atoms with van der Waals surface area (Å²) < 4.78 is 5.13. The van der Waals surface area contributed by atoms with Crippen LogP contribution in [0.1, 0.15) is 11.4 Å².